The van der Waals surface area contributed by atoms with E-state index in [0.717, 1.165) is 49.3 Å². The minimum absolute atomic E-state index is 0.763. The maximum absolute atomic E-state index is 10.7. The van der Waals surface area contributed by atoms with Crippen LogP contribution in [0, 0.1) is 6.92 Å². The van der Waals surface area contributed by atoms with Gasteiger partial charge in [0.15, 0.2) is 0 Å². The number of rotatable bonds is 7. The number of aldehydes is 1. The quantitative estimate of drug-likeness (QED) is 0.736. The Morgan fingerprint density at radius 3 is 2.53 bits per heavy atom. The van der Waals surface area contributed by atoms with Gasteiger partial charge < -0.3 is 10.2 Å². The zero-order valence-corrected chi connectivity index (χ0v) is 11.0. The molecule has 94 valence electrons. The zero-order chi connectivity index (χ0) is 12.7. The molecule has 0 fully saturated rings. The summed E-state index contributed by atoms with van der Waals surface area (Å²) < 4.78 is 0. The van der Waals surface area contributed by atoms with E-state index in [2.05, 4.69) is 24.1 Å². The fraction of sp³-hybridized carbons (Fsp3) is 0.500. The second kappa shape index (κ2) is 7.07. The Morgan fingerprint density at radius 2 is 2.00 bits per heavy atom. The third kappa shape index (κ3) is 4.19. The van der Waals surface area contributed by atoms with Gasteiger partial charge in [0.05, 0.1) is 0 Å². The van der Waals surface area contributed by atoms with Crippen molar-refractivity contribution in [3.05, 3.63) is 29.3 Å². The van der Waals surface area contributed by atoms with Crippen molar-refractivity contribution in [3.63, 3.8) is 0 Å². The Hall–Kier alpha value is -1.35. The van der Waals surface area contributed by atoms with Gasteiger partial charge in [0.2, 0.25) is 0 Å². The molecule has 0 bridgehead atoms. The van der Waals surface area contributed by atoms with Crippen molar-refractivity contribution in [2.45, 2.75) is 20.8 Å². The number of aryl methyl sites for hydroxylation is 1. The summed E-state index contributed by atoms with van der Waals surface area (Å²) in [7, 11) is 0. The highest BCUT2D eigenvalue weighted by molar-refractivity contribution is 5.78. The third-order valence-corrected chi connectivity index (χ3v) is 3.05. The van der Waals surface area contributed by atoms with E-state index in [9.17, 15) is 4.79 Å². The molecule has 1 N–H and O–H groups in total. The first-order valence-corrected chi connectivity index (χ1v) is 6.23. The van der Waals surface area contributed by atoms with Crippen LogP contribution in [0.5, 0.6) is 0 Å². The lowest BCUT2D eigenvalue weighted by atomic mass is 10.1. The maximum atomic E-state index is 10.7. The minimum Gasteiger partial charge on any atom is -0.384 e. The maximum Gasteiger partial charge on any atom is 0.150 e. The number of hydrogen-bond donors (Lipinski definition) is 1. The number of hydrogen-bond acceptors (Lipinski definition) is 3. The second-order valence-corrected chi connectivity index (χ2v) is 4.14. The number of carbonyl (C=O) groups excluding carboxylic acids is 1. The molecule has 0 unspecified atom stereocenters. The summed E-state index contributed by atoms with van der Waals surface area (Å²) in [6.07, 6.45) is 0.898. The summed E-state index contributed by atoms with van der Waals surface area (Å²) in [5.41, 5.74) is 2.87. The normalized spacial score (nSPS) is 10.6. The molecule has 0 saturated heterocycles. The Labute approximate surface area is 104 Å². The SMILES string of the molecule is CCN(CC)CCNc1ccc(C=O)c(C)c1. The molecule has 1 aromatic rings. The fourth-order valence-electron chi connectivity index (χ4n) is 1.82. The summed E-state index contributed by atoms with van der Waals surface area (Å²) in [6.45, 7) is 10.4. The van der Waals surface area contributed by atoms with Gasteiger partial charge in [-0.05, 0) is 43.8 Å². The van der Waals surface area contributed by atoms with Gasteiger partial charge >= 0.3 is 0 Å². The summed E-state index contributed by atoms with van der Waals surface area (Å²) in [5, 5.41) is 3.38. The van der Waals surface area contributed by atoms with E-state index in [0.29, 0.717) is 0 Å². The van der Waals surface area contributed by atoms with Crippen LogP contribution < -0.4 is 5.32 Å². The van der Waals surface area contributed by atoms with Crippen LogP contribution in [-0.4, -0.2) is 37.4 Å². The predicted molar refractivity (Wildman–Crippen MR) is 72.8 cm³/mol. The van der Waals surface area contributed by atoms with Crippen LogP contribution in [-0.2, 0) is 0 Å². The molecule has 0 aliphatic rings. The van der Waals surface area contributed by atoms with Gasteiger partial charge in [0.1, 0.15) is 6.29 Å². The molecule has 0 saturated carbocycles. The van der Waals surface area contributed by atoms with E-state index in [4.69, 9.17) is 0 Å². The Morgan fingerprint density at radius 1 is 1.29 bits per heavy atom. The number of likely N-dealkylation sites (N-methyl/N-ethyl adjacent to an activating group) is 1. The molecule has 0 spiro atoms. The molecule has 0 atom stereocenters. The predicted octanol–water partition coefficient (Wildman–Crippen LogP) is 2.56. The summed E-state index contributed by atoms with van der Waals surface area (Å²) in [4.78, 5) is 13.1. The number of benzene rings is 1. The van der Waals surface area contributed by atoms with Crippen LogP contribution in [0.4, 0.5) is 5.69 Å². The summed E-state index contributed by atoms with van der Waals surface area (Å²) in [5.74, 6) is 0. The van der Waals surface area contributed by atoms with E-state index in [-0.39, 0.29) is 0 Å². The largest absolute Gasteiger partial charge is 0.384 e. The molecule has 0 amide bonds. The number of carbonyl (C=O) groups is 1. The lowest BCUT2D eigenvalue weighted by Gasteiger charge is -2.18. The average Bonchev–Trinajstić information content (AvgIpc) is 2.35. The monoisotopic (exact) mass is 234 g/mol. The molecule has 3 nitrogen and oxygen atoms in total. The van der Waals surface area contributed by atoms with Crippen molar-refractivity contribution in [3.8, 4) is 0 Å². The van der Waals surface area contributed by atoms with Crippen LogP contribution in [0.2, 0.25) is 0 Å². The van der Waals surface area contributed by atoms with Crippen LogP contribution in [0.1, 0.15) is 29.8 Å². The molecule has 0 radical (unpaired) electrons. The van der Waals surface area contributed by atoms with E-state index in [1.54, 1.807) is 0 Å². The number of nitrogens with one attached hydrogen (secondary N) is 1. The average molecular weight is 234 g/mol. The topological polar surface area (TPSA) is 32.3 Å². The first kappa shape index (κ1) is 13.7. The van der Waals surface area contributed by atoms with Gasteiger partial charge in [0, 0.05) is 24.3 Å². The molecular weight excluding hydrogens is 212 g/mol. The lowest BCUT2D eigenvalue weighted by Crippen LogP contribution is -2.28. The molecule has 0 aromatic heterocycles. The fourth-order valence-corrected chi connectivity index (χ4v) is 1.82. The molecular formula is C14H22N2O. The van der Waals surface area contributed by atoms with Gasteiger partial charge in [-0.1, -0.05) is 13.8 Å². The zero-order valence-electron chi connectivity index (χ0n) is 11.0. The van der Waals surface area contributed by atoms with E-state index in [1.165, 1.54) is 0 Å². The number of anilines is 1. The van der Waals surface area contributed by atoms with Gasteiger partial charge in [-0.15, -0.1) is 0 Å². The Balaban J connectivity index is 2.47. The van der Waals surface area contributed by atoms with Crippen molar-refractivity contribution in [1.29, 1.82) is 0 Å². The minimum atomic E-state index is 0.763. The van der Waals surface area contributed by atoms with Crippen molar-refractivity contribution in [2.24, 2.45) is 0 Å². The molecule has 1 aromatic carbocycles. The van der Waals surface area contributed by atoms with E-state index in [1.807, 2.05) is 25.1 Å². The smallest absolute Gasteiger partial charge is 0.150 e. The van der Waals surface area contributed by atoms with Crippen molar-refractivity contribution in [2.75, 3.05) is 31.5 Å². The highest BCUT2D eigenvalue weighted by Gasteiger charge is 2.00. The van der Waals surface area contributed by atoms with Crippen LogP contribution >= 0.6 is 0 Å². The molecule has 0 aliphatic carbocycles. The van der Waals surface area contributed by atoms with E-state index < -0.39 is 0 Å². The highest BCUT2D eigenvalue weighted by atomic mass is 16.1. The van der Waals surface area contributed by atoms with Gasteiger partial charge in [-0.3, -0.25) is 4.79 Å². The van der Waals surface area contributed by atoms with Gasteiger partial charge in [-0.25, -0.2) is 0 Å². The molecule has 1 rings (SSSR count). The summed E-state index contributed by atoms with van der Waals surface area (Å²) in [6, 6.07) is 5.84. The van der Waals surface area contributed by atoms with Gasteiger partial charge in [-0.2, -0.15) is 0 Å². The first-order chi connectivity index (χ1) is 8.21. The summed E-state index contributed by atoms with van der Waals surface area (Å²) >= 11 is 0. The molecule has 0 heterocycles. The second-order valence-electron chi connectivity index (χ2n) is 4.14. The van der Waals surface area contributed by atoms with Crippen LogP contribution in [0.3, 0.4) is 0 Å². The van der Waals surface area contributed by atoms with E-state index >= 15 is 0 Å². The molecule has 3 heteroatoms. The lowest BCUT2D eigenvalue weighted by molar-refractivity contribution is 0.112. The van der Waals surface area contributed by atoms with Gasteiger partial charge in [0.25, 0.3) is 0 Å². The highest BCUT2D eigenvalue weighted by Crippen LogP contribution is 2.13. The molecule has 0 aliphatic heterocycles. The first-order valence-electron chi connectivity index (χ1n) is 6.23. The molecule has 17 heavy (non-hydrogen) atoms. The standard InChI is InChI=1S/C14H22N2O/c1-4-16(5-2)9-8-15-14-7-6-13(11-17)12(3)10-14/h6-7,10-11,15H,4-5,8-9H2,1-3H3. The van der Waals surface area contributed by atoms with Crippen molar-refractivity contribution >= 4 is 12.0 Å². The Kier molecular flexibility index (Phi) is 5.70. The van der Waals surface area contributed by atoms with Crippen LogP contribution in [0.25, 0.3) is 0 Å². The third-order valence-electron chi connectivity index (χ3n) is 3.05. The Bertz CT molecular complexity index is 359. The van der Waals surface area contributed by atoms with Crippen molar-refractivity contribution < 1.29 is 4.79 Å². The number of nitrogens with zero attached hydrogens (tertiary/aromatic N) is 1. The van der Waals surface area contributed by atoms with Crippen molar-refractivity contribution in [1.82, 2.24) is 4.90 Å². The van der Waals surface area contributed by atoms with Crippen LogP contribution in [0.15, 0.2) is 18.2 Å².